The topological polar surface area (TPSA) is 49.8 Å². The van der Waals surface area contributed by atoms with Crippen molar-refractivity contribution in [3.8, 4) is 0 Å². The normalized spacial score (nSPS) is 18.3. The van der Waals surface area contributed by atoms with Crippen molar-refractivity contribution in [3.05, 3.63) is 12.3 Å². The highest BCUT2D eigenvalue weighted by atomic mass is 15.1. The standard InChI is InChI=1S/C14H24N4/c1-3-15-13-16-10-7-12(18-13)17-11-14(2)8-5-4-6-9-14/h7,10H,3-6,8-9,11H2,1-2H3,(H2,15,16,17,18). The van der Waals surface area contributed by atoms with Gasteiger partial charge in [0.15, 0.2) is 0 Å². The lowest BCUT2D eigenvalue weighted by atomic mass is 9.76. The van der Waals surface area contributed by atoms with Crippen LogP contribution in [-0.4, -0.2) is 23.1 Å². The molecule has 1 heterocycles. The van der Waals surface area contributed by atoms with E-state index in [1.807, 2.05) is 13.0 Å². The van der Waals surface area contributed by atoms with Gasteiger partial charge >= 0.3 is 0 Å². The molecule has 1 fully saturated rings. The predicted molar refractivity (Wildman–Crippen MR) is 75.9 cm³/mol. The fourth-order valence-corrected chi connectivity index (χ4v) is 2.59. The Labute approximate surface area is 110 Å². The van der Waals surface area contributed by atoms with Crippen molar-refractivity contribution in [2.75, 3.05) is 23.7 Å². The molecule has 0 aromatic carbocycles. The maximum absolute atomic E-state index is 4.44. The Bertz CT molecular complexity index is 372. The first kappa shape index (κ1) is 13.1. The van der Waals surface area contributed by atoms with Crippen LogP contribution in [0.4, 0.5) is 11.8 Å². The van der Waals surface area contributed by atoms with Gasteiger partial charge in [-0.15, -0.1) is 0 Å². The third-order valence-electron chi connectivity index (χ3n) is 3.75. The molecule has 1 aromatic heterocycles. The van der Waals surface area contributed by atoms with Crippen LogP contribution in [0.15, 0.2) is 12.3 Å². The van der Waals surface area contributed by atoms with Gasteiger partial charge < -0.3 is 10.6 Å². The smallest absolute Gasteiger partial charge is 0.224 e. The summed E-state index contributed by atoms with van der Waals surface area (Å²) in [6, 6.07) is 1.94. The van der Waals surface area contributed by atoms with E-state index in [2.05, 4.69) is 27.5 Å². The fraction of sp³-hybridized carbons (Fsp3) is 0.714. The summed E-state index contributed by atoms with van der Waals surface area (Å²) < 4.78 is 0. The molecule has 1 aliphatic carbocycles. The summed E-state index contributed by atoms with van der Waals surface area (Å²) in [6.45, 7) is 6.29. The molecule has 2 rings (SSSR count). The molecule has 0 atom stereocenters. The second-order valence-electron chi connectivity index (χ2n) is 5.52. The van der Waals surface area contributed by atoms with Gasteiger partial charge in [-0.05, 0) is 31.2 Å². The molecule has 0 saturated heterocycles. The fourth-order valence-electron chi connectivity index (χ4n) is 2.59. The summed E-state index contributed by atoms with van der Waals surface area (Å²) in [5.74, 6) is 1.63. The van der Waals surface area contributed by atoms with Crippen molar-refractivity contribution >= 4 is 11.8 Å². The number of nitrogens with zero attached hydrogens (tertiary/aromatic N) is 2. The molecule has 0 aliphatic heterocycles. The van der Waals surface area contributed by atoms with Crippen molar-refractivity contribution in [1.82, 2.24) is 9.97 Å². The maximum Gasteiger partial charge on any atom is 0.224 e. The van der Waals surface area contributed by atoms with Gasteiger partial charge in [-0.1, -0.05) is 26.2 Å². The molecule has 4 heteroatoms. The molecule has 0 unspecified atom stereocenters. The van der Waals surface area contributed by atoms with Gasteiger partial charge in [-0.2, -0.15) is 4.98 Å². The molecule has 0 bridgehead atoms. The SMILES string of the molecule is CCNc1nccc(NCC2(C)CCCCC2)n1. The summed E-state index contributed by atoms with van der Waals surface area (Å²) in [6.07, 6.45) is 8.58. The summed E-state index contributed by atoms with van der Waals surface area (Å²) in [4.78, 5) is 8.62. The van der Waals surface area contributed by atoms with E-state index in [0.717, 1.165) is 18.9 Å². The molecule has 0 radical (unpaired) electrons. The van der Waals surface area contributed by atoms with E-state index < -0.39 is 0 Å². The molecule has 4 nitrogen and oxygen atoms in total. The number of anilines is 2. The van der Waals surface area contributed by atoms with E-state index in [4.69, 9.17) is 0 Å². The average Bonchev–Trinajstić information content (AvgIpc) is 2.38. The Morgan fingerprint density at radius 3 is 2.72 bits per heavy atom. The zero-order valence-electron chi connectivity index (χ0n) is 11.5. The van der Waals surface area contributed by atoms with Crippen molar-refractivity contribution in [1.29, 1.82) is 0 Å². The third kappa shape index (κ3) is 3.59. The van der Waals surface area contributed by atoms with Crippen molar-refractivity contribution in [3.63, 3.8) is 0 Å². The van der Waals surface area contributed by atoms with Crippen LogP contribution in [0.5, 0.6) is 0 Å². The van der Waals surface area contributed by atoms with Crippen molar-refractivity contribution in [2.24, 2.45) is 5.41 Å². The molecule has 18 heavy (non-hydrogen) atoms. The first-order valence-electron chi connectivity index (χ1n) is 7.03. The summed E-state index contributed by atoms with van der Waals surface area (Å²) >= 11 is 0. The highest BCUT2D eigenvalue weighted by Crippen LogP contribution is 2.35. The van der Waals surface area contributed by atoms with Gasteiger partial charge in [0.1, 0.15) is 5.82 Å². The Balaban J connectivity index is 1.90. The van der Waals surface area contributed by atoms with Gasteiger partial charge in [0, 0.05) is 19.3 Å². The minimum Gasteiger partial charge on any atom is -0.369 e. The molecule has 1 saturated carbocycles. The Morgan fingerprint density at radius 2 is 2.00 bits per heavy atom. The van der Waals surface area contributed by atoms with E-state index in [-0.39, 0.29) is 0 Å². The van der Waals surface area contributed by atoms with Gasteiger partial charge in [0.25, 0.3) is 0 Å². The lowest BCUT2D eigenvalue weighted by molar-refractivity contribution is 0.233. The molecular formula is C14H24N4. The summed E-state index contributed by atoms with van der Waals surface area (Å²) in [5.41, 5.74) is 0.432. The van der Waals surface area contributed by atoms with Gasteiger partial charge in [-0.3, -0.25) is 0 Å². The number of hydrogen-bond acceptors (Lipinski definition) is 4. The van der Waals surface area contributed by atoms with Crippen LogP contribution >= 0.6 is 0 Å². The minimum atomic E-state index is 0.432. The molecule has 1 aromatic rings. The van der Waals surface area contributed by atoms with E-state index in [9.17, 15) is 0 Å². The van der Waals surface area contributed by atoms with E-state index in [1.54, 1.807) is 6.20 Å². The lowest BCUT2D eigenvalue weighted by Gasteiger charge is -2.33. The van der Waals surface area contributed by atoms with Crippen LogP contribution in [0, 0.1) is 5.41 Å². The first-order valence-corrected chi connectivity index (χ1v) is 7.03. The van der Waals surface area contributed by atoms with Crippen LogP contribution in [0.3, 0.4) is 0 Å². The zero-order chi connectivity index (χ0) is 12.8. The first-order chi connectivity index (χ1) is 8.72. The van der Waals surface area contributed by atoms with Crippen LogP contribution in [0.1, 0.15) is 46.0 Å². The van der Waals surface area contributed by atoms with Crippen LogP contribution in [0.25, 0.3) is 0 Å². The number of rotatable bonds is 5. The third-order valence-corrected chi connectivity index (χ3v) is 3.75. The van der Waals surface area contributed by atoms with Crippen LogP contribution < -0.4 is 10.6 Å². The maximum atomic E-state index is 4.44. The minimum absolute atomic E-state index is 0.432. The van der Waals surface area contributed by atoms with Gasteiger partial charge in [-0.25, -0.2) is 4.98 Å². The van der Waals surface area contributed by atoms with Crippen LogP contribution in [0.2, 0.25) is 0 Å². The van der Waals surface area contributed by atoms with E-state index in [1.165, 1.54) is 32.1 Å². The molecule has 100 valence electrons. The lowest BCUT2D eigenvalue weighted by Crippen LogP contribution is -2.29. The highest BCUT2D eigenvalue weighted by Gasteiger charge is 2.26. The van der Waals surface area contributed by atoms with Gasteiger partial charge in [0.05, 0.1) is 0 Å². The molecule has 0 amide bonds. The van der Waals surface area contributed by atoms with Crippen molar-refractivity contribution < 1.29 is 0 Å². The molecule has 1 aliphatic rings. The summed E-state index contributed by atoms with van der Waals surface area (Å²) in [7, 11) is 0. The zero-order valence-corrected chi connectivity index (χ0v) is 11.5. The molecule has 2 N–H and O–H groups in total. The Kier molecular flexibility index (Phi) is 4.39. The Hall–Kier alpha value is -1.32. The summed E-state index contributed by atoms with van der Waals surface area (Å²) in [5, 5.41) is 6.60. The van der Waals surface area contributed by atoms with E-state index in [0.29, 0.717) is 11.4 Å². The molecular weight excluding hydrogens is 224 g/mol. The number of hydrogen-bond donors (Lipinski definition) is 2. The Morgan fingerprint density at radius 1 is 1.22 bits per heavy atom. The van der Waals surface area contributed by atoms with Gasteiger partial charge in [0.2, 0.25) is 5.95 Å². The second kappa shape index (κ2) is 6.03. The van der Waals surface area contributed by atoms with Crippen LogP contribution in [-0.2, 0) is 0 Å². The quantitative estimate of drug-likeness (QED) is 0.839. The second-order valence-corrected chi connectivity index (χ2v) is 5.52. The highest BCUT2D eigenvalue weighted by molar-refractivity contribution is 5.39. The predicted octanol–water partition coefficient (Wildman–Crippen LogP) is 3.29. The monoisotopic (exact) mass is 248 g/mol. The van der Waals surface area contributed by atoms with E-state index >= 15 is 0 Å². The average molecular weight is 248 g/mol. The number of aromatic nitrogens is 2. The largest absolute Gasteiger partial charge is 0.369 e. The molecule has 0 spiro atoms. The van der Waals surface area contributed by atoms with Crippen molar-refractivity contribution in [2.45, 2.75) is 46.0 Å². The number of nitrogens with one attached hydrogen (secondary N) is 2.